The zero-order chi connectivity index (χ0) is 15.9. The third-order valence-electron chi connectivity index (χ3n) is 4.92. The van der Waals surface area contributed by atoms with E-state index in [-0.39, 0.29) is 11.8 Å². The number of carbonyl (C=O) groups excluding carboxylic acids is 1. The lowest BCUT2D eigenvalue weighted by Crippen LogP contribution is -2.39. The molecule has 0 aromatic heterocycles. The second-order valence-electron chi connectivity index (χ2n) is 7.44. The van der Waals surface area contributed by atoms with E-state index in [2.05, 4.69) is 50.4 Å². The smallest absolute Gasteiger partial charge is 0.223 e. The fourth-order valence-corrected chi connectivity index (χ4v) is 3.76. The summed E-state index contributed by atoms with van der Waals surface area (Å²) in [6.45, 7) is 7.57. The lowest BCUT2D eigenvalue weighted by molar-refractivity contribution is -0.128. The molecule has 0 radical (unpaired) electrons. The van der Waals surface area contributed by atoms with Gasteiger partial charge in [0.15, 0.2) is 0 Å². The van der Waals surface area contributed by atoms with Crippen LogP contribution in [0.5, 0.6) is 0 Å². The standard InChI is InChI=1S/C20H31NO/c1-15(2)13-18-10-9-16(3)14-19(18)20(22)21-12-11-17-7-5-4-6-8-17/h4-8,15-16,18-19H,9-14H2,1-3H3,(H,21,22)/t16-,18+,19?/m1/s1. The molecule has 0 spiro atoms. The lowest BCUT2D eigenvalue weighted by atomic mass is 9.71. The first-order chi connectivity index (χ1) is 10.6. The van der Waals surface area contributed by atoms with Crippen molar-refractivity contribution in [2.45, 2.75) is 52.9 Å². The van der Waals surface area contributed by atoms with Gasteiger partial charge in [-0.15, -0.1) is 0 Å². The van der Waals surface area contributed by atoms with Gasteiger partial charge in [0, 0.05) is 12.5 Å². The van der Waals surface area contributed by atoms with Gasteiger partial charge in [-0.3, -0.25) is 4.79 Å². The van der Waals surface area contributed by atoms with E-state index in [4.69, 9.17) is 0 Å². The molecule has 22 heavy (non-hydrogen) atoms. The highest BCUT2D eigenvalue weighted by Crippen LogP contribution is 2.37. The summed E-state index contributed by atoms with van der Waals surface area (Å²) in [5.41, 5.74) is 1.29. The molecule has 3 atom stereocenters. The Kier molecular flexibility index (Phi) is 6.48. The van der Waals surface area contributed by atoms with Gasteiger partial charge in [0.25, 0.3) is 0 Å². The highest BCUT2D eigenvalue weighted by Gasteiger charge is 2.33. The van der Waals surface area contributed by atoms with Crippen molar-refractivity contribution in [3.63, 3.8) is 0 Å². The Balaban J connectivity index is 1.85. The highest BCUT2D eigenvalue weighted by molar-refractivity contribution is 5.79. The Morgan fingerprint density at radius 1 is 1.23 bits per heavy atom. The van der Waals surface area contributed by atoms with Crippen LogP contribution >= 0.6 is 0 Å². The fraction of sp³-hybridized carbons (Fsp3) is 0.650. The summed E-state index contributed by atoms with van der Waals surface area (Å²) in [7, 11) is 0. The molecule has 1 fully saturated rings. The van der Waals surface area contributed by atoms with Crippen LogP contribution in [0.4, 0.5) is 0 Å². The van der Waals surface area contributed by atoms with Gasteiger partial charge in [0.2, 0.25) is 5.91 Å². The van der Waals surface area contributed by atoms with Crippen molar-refractivity contribution < 1.29 is 4.79 Å². The summed E-state index contributed by atoms with van der Waals surface area (Å²) in [5.74, 6) is 2.45. The Morgan fingerprint density at radius 2 is 1.95 bits per heavy atom. The molecule has 1 amide bonds. The van der Waals surface area contributed by atoms with Gasteiger partial charge < -0.3 is 5.32 Å². The largest absolute Gasteiger partial charge is 0.356 e. The van der Waals surface area contributed by atoms with Crippen LogP contribution in [-0.2, 0) is 11.2 Å². The van der Waals surface area contributed by atoms with Gasteiger partial charge in [0.1, 0.15) is 0 Å². The Morgan fingerprint density at radius 3 is 2.64 bits per heavy atom. The second kappa shape index (κ2) is 8.36. The minimum absolute atomic E-state index is 0.224. The van der Waals surface area contributed by atoms with Gasteiger partial charge >= 0.3 is 0 Å². The normalized spacial score (nSPS) is 25.2. The molecule has 2 rings (SSSR count). The highest BCUT2D eigenvalue weighted by atomic mass is 16.1. The first kappa shape index (κ1) is 17.1. The fourth-order valence-electron chi connectivity index (χ4n) is 3.76. The Bertz CT molecular complexity index is 454. The van der Waals surface area contributed by atoms with E-state index < -0.39 is 0 Å². The van der Waals surface area contributed by atoms with Crippen LogP contribution in [0.2, 0.25) is 0 Å². The zero-order valence-electron chi connectivity index (χ0n) is 14.3. The molecule has 1 aromatic rings. The van der Waals surface area contributed by atoms with Crippen molar-refractivity contribution in [1.29, 1.82) is 0 Å². The minimum atomic E-state index is 0.224. The van der Waals surface area contributed by atoms with Gasteiger partial charge in [-0.25, -0.2) is 0 Å². The number of nitrogens with one attached hydrogen (secondary N) is 1. The Labute approximate surface area is 135 Å². The van der Waals surface area contributed by atoms with Crippen LogP contribution < -0.4 is 5.32 Å². The molecule has 2 heteroatoms. The van der Waals surface area contributed by atoms with Crippen LogP contribution in [0, 0.1) is 23.7 Å². The van der Waals surface area contributed by atoms with Gasteiger partial charge in [0.05, 0.1) is 0 Å². The van der Waals surface area contributed by atoms with E-state index in [0.717, 1.165) is 19.4 Å². The third-order valence-corrected chi connectivity index (χ3v) is 4.92. The first-order valence-electron chi connectivity index (χ1n) is 8.88. The van der Waals surface area contributed by atoms with E-state index in [1.165, 1.54) is 24.8 Å². The number of hydrogen-bond acceptors (Lipinski definition) is 1. The molecular formula is C20H31NO. The lowest BCUT2D eigenvalue weighted by Gasteiger charge is -2.35. The predicted octanol–water partition coefficient (Wildman–Crippen LogP) is 4.44. The average molecular weight is 301 g/mol. The number of carbonyl (C=O) groups is 1. The summed E-state index contributed by atoms with van der Waals surface area (Å²) >= 11 is 0. The average Bonchev–Trinajstić information content (AvgIpc) is 2.49. The van der Waals surface area contributed by atoms with Crippen molar-refractivity contribution in [2.24, 2.45) is 23.7 Å². The van der Waals surface area contributed by atoms with E-state index in [1.54, 1.807) is 0 Å². The summed E-state index contributed by atoms with van der Waals surface area (Å²) in [4.78, 5) is 12.6. The van der Waals surface area contributed by atoms with Crippen molar-refractivity contribution in [3.05, 3.63) is 35.9 Å². The summed E-state index contributed by atoms with van der Waals surface area (Å²) < 4.78 is 0. The molecular weight excluding hydrogens is 270 g/mol. The van der Waals surface area contributed by atoms with Gasteiger partial charge in [-0.1, -0.05) is 57.5 Å². The SMILES string of the molecule is CC(C)C[C@@H]1CC[C@@H](C)CC1C(=O)NCCc1ccccc1. The molecule has 1 saturated carbocycles. The predicted molar refractivity (Wildman–Crippen MR) is 92.6 cm³/mol. The van der Waals surface area contributed by atoms with Crippen LogP contribution in [0.15, 0.2) is 30.3 Å². The molecule has 0 saturated heterocycles. The van der Waals surface area contributed by atoms with Crippen molar-refractivity contribution in [2.75, 3.05) is 6.54 Å². The molecule has 1 N–H and O–H groups in total. The molecule has 0 aliphatic heterocycles. The van der Waals surface area contributed by atoms with Crippen molar-refractivity contribution in [3.8, 4) is 0 Å². The van der Waals surface area contributed by atoms with Crippen LogP contribution in [0.3, 0.4) is 0 Å². The first-order valence-corrected chi connectivity index (χ1v) is 8.88. The van der Waals surface area contributed by atoms with Crippen LogP contribution in [0.25, 0.3) is 0 Å². The van der Waals surface area contributed by atoms with Gasteiger partial charge in [-0.2, -0.15) is 0 Å². The topological polar surface area (TPSA) is 29.1 Å². The van der Waals surface area contributed by atoms with Crippen molar-refractivity contribution >= 4 is 5.91 Å². The maximum Gasteiger partial charge on any atom is 0.223 e. The van der Waals surface area contributed by atoms with Crippen LogP contribution in [0.1, 0.15) is 52.0 Å². The van der Waals surface area contributed by atoms with Crippen LogP contribution in [-0.4, -0.2) is 12.5 Å². The molecule has 122 valence electrons. The second-order valence-corrected chi connectivity index (χ2v) is 7.44. The maximum atomic E-state index is 12.6. The molecule has 1 aliphatic rings. The van der Waals surface area contributed by atoms with E-state index >= 15 is 0 Å². The quantitative estimate of drug-likeness (QED) is 0.826. The minimum Gasteiger partial charge on any atom is -0.356 e. The summed E-state index contributed by atoms with van der Waals surface area (Å²) in [5, 5.41) is 3.19. The van der Waals surface area contributed by atoms with Gasteiger partial charge in [-0.05, 0) is 49.0 Å². The number of benzene rings is 1. The molecule has 1 aliphatic carbocycles. The molecule has 0 heterocycles. The monoisotopic (exact) mass is 301 g/mol. The third kappa shape index (κ3) is 5.15. The number of rotatable bonds is 6. The molecule has 0 bridgehead atoms. The summed E-state index contributed by atoms with van der Waals surface area (Å²) in [6.07, 6.45) is 5.67. The molecule has 2 nitrogen and oxygen atoms in total. The number of amides is 1. The molecule has 1 unspecified atom stereocenters. The van der Waals surface area contributed by atoms with E-state index in [0.29, 0.717) is 17.8 Å². The molecule has 1 aromatic carbocycles. The number of hydrogen-bond donors (Lipinski definition) is 1. The Hall–Kier alpha value is -1.31. The van der Waals surface area contributed by atoms with Crippen molar-refractivity contribution in [1.82, 2.24) is 5.32 Å². The maximum absolute atomic E-state index is 12.6. The zero-order valence-corrected chi connectivity index (χ0v) is 14.3. The van der Waals surface area contributed by atoms with E-state index in [9.17, 15) is 4.79 Å². The van der Waals surface area contributed by atoms with E-state index in [1.807, 2.05) is 6.07 Å². The summed E-state index contributed by atoms with van der Waals surface area (Å²) in [6, 6.07) is 10.4.